The molecule has 2 heterocycles. The van der Waals surface area contributed by atoms with Crippen molar-refractivity contribution in [1.82, 2.24) is 19.8 Å². The van der Waals surface area contributed by atoms with Crippen LogP contribution in [0.2, 0.25) is 5.02 Å². The second kappa shape index (κ2) is 7.31. The quantitative estimate of drug-likeness (QED) is 0.880. The third kappa shape index (κ3) is 3.20. The molecule has 138 valence electrons. The number of piperidine rings is 1. The zero-order valence-corrected chi connectivity index (χ0v) is 15.9. The fraction of sp³-hybridized carbons (Fsp3) is 0.500. The Kier molecular flexibility index (Phi) is 4.90. The summed E-state index contributed by atoms with van der Waals surface area (Å²) in [6.45, 7) is 3.67. The molecule has 1 aliphatic heterocycles. The molecule has 4 rings (SSSR count). The highest BCUT2D eigenvalue weighted by Gasteiger charge is 2.30. The Bertz CT molecular complexity index is 803. The number of hydrogen-bond donors (Lipinski definition) is 1. The molecule has 0 bridgehead atoms. The summed E-state index contributed by atoms with van der Waals surface area (Å²) in [5, 5.41) is 4.04. The highest BCUT2D eigenvalue weighted by atomic mass is 35.5. The maximum absolute atomic E-state index is 12.9. The summed E-state index contributed by atoms with van der Waals surface area (Å²) in [5.41, 5.74) is 2.35. The number of fused-ring (bicyclic) bond motifs is 1. The molecule has 2 unspecified atom stereocenters. The SMILES string of the molecule is CCc1nccn1C1CCCN(C(=O)NC2CCc3c(Cl)cccc32)C1. The van der Waals surface area contributed by atoms with E-state index in [2.05, 4.69) is 27.9 Å². The van der Waals surface area contributed by atoms with Gasteiger partial charge in [0.15, 0.2) is 0 Å². The maximum atomic E-state index is 12.9. The van der Waals surface area contributed by atoms with Crippen LogP contribution in [0.1, 0.15) is 55.2 Å². The molecular formula is C20H25ClN4O. The van der Waals surface area contributed by atoms with Gasteiger partial charge in [-0.05, 0) is 42.9 Å². The number of carbonyl (C=O) groups excluding carboxylic acids is 1. The number of halogens is 1. The van der Waals surface area contributed by atoms with E-state index >= 15 is 0 Å². The third-order valence-electron chi connectivity index (χ3n) is 5.65. The van der Waals surface area contributed by atoms with Crippen molar-refractivity contribution in [1.29, 1.82) is 0 Å². The van der Waals surface area contributed by atoms with Crippen molar-refractivity contribution < 1.29 is 4.79 Å². The van der Waals surface area contributed by atoms with Crippen LogP contribution < -0.4 is 5.32 Å². The number of urea groups is 1. The average Bonchev–Trinajstić information content (AvgIpc) is 3.30. The molecular weight excluding hydrogens is 348 g/mol. The fourth-order valence-electron chi connectivity index (χ4n) is 4.32. The lowest BCUT2D eigenvalue weighted by Crippen LogP contribution is -2.46. The van der Waals surface area contributed by atoms with E-state index in [-0.39, 0.29) is 12.1 Å². The first kappa shape index (κ1) is 17.4. The molecule has 2 aromatic rings. The summed E-state index contributed by atoms with van der Waals surface area (Å²) >= 11 is 6.29. The van der Waals surface area contributed by atoms with Gasteiger partial charge in [0.2, 0.25) is 0 Å². The lowest BCUT2D eigenvalue weighted by atomic mass is 10.1. The van der Waals surface area contributed by atoms with Crippen LogP contribution in [-0.4, -0.2) is 33.6 Å². The van der Waals surface area contributed by atoms with Crippen LogP contribution in [0.5, 0.6) is 0 Å². The molecule has 0 spiro atoms. The first-order chi connectivity index (χ1) is 12.7. The molecule has 5 nitrogen and oxygen atoms in total. The zero-order valence-electron chi connectivity index (χ0n) is 15.1. The molecule has 0 saturated carbocycles. The van der Waals surface area contributed by atoms with Crippen molar-refractivity contribution >= 4 is 17.6 Å². The van der Waals surface area contributed by atoms with Crippen molar-refractivity contribution in [3.05, 3.63) is 52.6 Å². The average molecular weight is 373 g/mol. The van der Waals surface area contributed by atoms with Gasteiger partial charge in [-0.25, -0.2) is 9.78 Å². The van der Waals surface area contributed by atoms with E-state index < -0.39 is 0 Å². The molecule has 2 aliphatic rings. The highest BCUT2D eigenvalue weighted by molar-refractivity contribution is 6.31. The second-order valence-electron chi connectivity index (χ2n) is 7.19. The van der Waals surface area contributed by atoms with Crippen LogP contribution in [0.3, 0.4) is 0 Å². The molecule has 26 heavy (non-hydrogen) atoms. The largest absolute Gasteiger partial charge is 0.331 e. The number of amides is 2. The topological polar surface area (TPSA) is 50.2 Å². The molecule has 2 amide bonds. The van der Waals surface area contributed by atoms with E-state index in [1.807, 2.05) is 29.4 Å². The normalized spacial score (nSPS) is 22.3. The van der Waals surface area contributed by atoms with Gasteiger partial charge in [0, 0.05) is 36.9 Å². The Morgan fingerprint density at radius 1 is 1.38 bits per heavy atom. The Hall–Kier alpha value is -2.01. The lowest BCUT2D eigenvalue weighted by molar-refractivity contribution is 0.162. The monoisotopic (exact) mass is 372 g/mol. The molecule has 1 fully saturated rings. The van der Waals surface area contributed by atoms with Crippen LogP contribution >= 0.6 is 11.6 Å². The first-order valence-electron chi connectivity index (χ1n) is 9.51. The van der Waals surface area contributed by atoms with Gasteiger partial charge in [-0.1, -0.05) is 30.7 Å². The van der Waals surface area contributed by atoms with Crippen LogP contribution in [0.15, 0.2) is 30.6 Å². The number of likely N-dealkylation sites (tertiary alicyclic amines) is 1. The van der Waals surface area contributed by atoms with Gasteiger partial charge in [0.05, 0.1) is 12.1 Å². The van der Waals surface area contributed by atoms with Gasteiger partial charge in [0.25, 0.3) is 0 Å². The maximum Gasteiger partial charge on any atom is 0.317 e. The smallest absolute Gasteiger partial charge is 0.317 e. The number of rotatable bonds is 3. The lowest BCUT2D eigenvalue weighted by Gasteiger charge is -2.34. The highest BCUT2D eigenvalue weighted by Crippen LogP contribution is 2.35. The number of carbonyl (C=O) groups is 1. The van der Waals surface area contributed by atoms with Gasteiger partial charge >= 0.3 is 6.03 Å². The summed E-state index contributed by atoms with van der Waals surface area (Å²) in [7, 11) is 0. The summed E-state index contributed by atoms with van der Waals surface area (Å²) < 4.78 is 2.24. The van der Waals surface area contributed by atoms with Gasteiger partial charge in [-0.15, -0.1) is 0 Å². The number of imidazole rings is 1. The van der Waals surface area contributed by atoms with Gasteiger partial charge in [-0.3, -0.25) is 0 Å². The zero-order chi connectivity index (χ0) is 18.1. The number of aromatic nitrogens is 2. The number of benzene rings is 1. The minimum Gasteiger partial charge on any atom is -0.331 e. The number of aryl methyl sites for hydroxylation is 1. The van der Waals surface area contributed by atoms with Crippen LogP contribution in [0.25, 0.3) is 0 Å². The van der Waals surface area contributed by atoms with Gasteiger partial charge in [0.1, 0.15) is 5.82 Å². The summed E-state index contributed by atoms with van der Waals surface area (Å²) in [5.74, 6) is 1.09. The minimum absolute atomic E-state index is 0.0330. The number of nitrogens with zero attached hydrogens (tertiary/aromatic N) is 3. The van der Waals surface area contributed by atoms with Crippen molar-refractivity contribution in [2.24, 2.45) is 0 Å². The molecule has 1 aromatic carbocycles. The molecule has 1 aliphatic carbocycles. The predicted octanol–water partition coefficient (Wildman–Crippen LogP) is 4.13. The van der Waals surface area contributed by atoms with E-state index in [9.17, 15) is 4.79 Å². The molecule has 0 radical (unpaired) electrons. The van der Waals surface area contributed by atoms with Crippen LogP contribution in [-0.2, 0) is 12.8 Å². The molecule has 6 heteroatoms. The summed E-state index contributed by atoms with van der Waals surface area (Å²) in [6.07, 6.45) is 8.77. The van der Waals surface area contributed by atoms with E-state index in [1.165, 1.54) is 11.1 Å². The Morgan fingerprint density at radius 2 is 2.27 bits per heavy atom. The number of nitrogens with one attached hydrogen (secondary N) is 1. The summed E-state index contributed by atoms with van der Waals surface area (Å²) in [6, 6.07) is 6.39. The van der Waals surface area contributed by atoms with Crippen molar-refractivity contribution in [3.8, 4) is 0 Å². The van der Waals surface area contributed by atoms with Crippen LogP contribution in [0.4, 0.5) is 4.79 Å². The Morgan fingerprint density at radius 3 is 3.12 bits per heavy atom. The predicted molar refractivity (Wildman–Crippen MR) is 102 cm³/mol. The van der Waals surface area contributed by atoms with Crippen molar-refractivity contribution in [3.63, 3.8) is 0 Å². The minimum atomic E-state index is 0.0330. The third-order valence-corrected chi connectivity index (χ3v) is 6.01. The van der Waals surface area contributed by atoms with Crippen molar-refractivity contribution in [2.75, 3.05) is 13.1 Å². The first-order valence-corrected chi connectivity index (χ1v) is 9.89. The van der Waals surface area contributed by atoms with Gasteiger partial charge < -0.3 is 14.8 Å². The Labute approximate surface area is 159 Å². The fourth-order valence-corrected chi connectivity index (χ4v) is 4.59. The van der Waals surface area contributed by atoms with E-state index in [0.717, 1.165) is 56.0 Å². The van der Waals surface area contributed by atoms with E-state index in [1.54, 1.807) is 0 Å². The summed E-state index contributed by atoms with van der Waals surface area (Å²) in [4.78, 5) is 19.3. The molecule has 1 N–H and O–H groups in total. The van der Waals surface area contributed by atoms with E-state index in [4.69, 9.17) is 11.6 Å². The van der Waals surface area contributed by atoms with Gasteiger partial charge in [-0.2, -0.15) is 0 Å². The number of hydrogen-bond acceptors (Lipinski definition) is 2. The Balaban J connectivity index is 1.44. The molecule has 1 saturated heterocycles. The van der Waals surface area contributed by atoms with Crippen LogP contribution in [0, 0.1) is 0 Å². The molecule has 1 aromatic heterocycles. The standard InChI is InChI=1S/C20H25ClN4O/c1-2-19-22-10-12-25(19)14-5-4-11-24(13-14)20(26)23-18-9-8-15-16(18)6-3-7-17(15)21/h3,6-7,10,12,14,18H,2,4-5,8-9,11,13H2,1H3,(H,23,26). The van der Waals surface area contributed by atoms with E-state index in [0.29, 0.717) is 6.04 Å². The van der Waals surface area contributed by atoms with Crippen molar-refractivity contribution in [2.45, 2.75) is 51.1 Å². The molecule has 2 atom stereocenters. The second-order valence-corrected chi connectivity index (χ2v) is 7.60.